The Hall–Kier alpha value is -2.95. The number of methoxy groups -OCH3 is 1. The maximum Gasteiger partial charge on any atom is 0.216 e. The van der Waals surface area contributed by atoms with Gasteiger partial charge in [-0.3, -0.25) is 0 Å². The first kappa shape index (κ1) is 29.0. The van der Waals surface area contributed by atoms with Gasteiger partial charge in [0.25, 0.3) is 0 Å². The number of aromatic nitrogens is 1. The molecule has 4 rings (SSSR count). The highest BCUT2D eigenvalue weighted by atomic mass is 16.5. The van der Waals surface area contributed by atoms with E-state index < -0.39 is 0 Å². The molecule has 2 heterocycles. The highest BCUT2D eigenvalue weighted by molar-refractivity contribution is 5.95. The van der Waals surface area contributed by atoms with Gasteiger partial charge < -0.3 is 19.3 Å². The Morgan fingerprint density at radius 1 is 0.795 bits per heavy atom. The predicted octanol–water partition coefficient (Wildman–Crippen LogP) is 8.33. The van der Waals surface area contributed by atoms with E-state index in [1.165, 1.54) is 54.3 Å². The lowest BCUT2D eigenvalue weighted by molar-refractivity contribution is -0.686. The Morgan fingerprint density at radius 3 is 2.26 bits per heavy atom. The first-order valence-electron chi connectivity index (χ1n) is 15.3. The molecule has 0 saturated carbocycles. The number of aryl methyl sites for hydroxylation is 3. The number of hydrogen-bond acceptors (Lipinski definition) is 4. The van der Waals surface area contributed by atoms with Gasteiger partial charge >= 0.3 is 0 Å². The van der Waals surface area contributed by atoms with E-state index in [1.54, 1.807) is 7.11 Å². The Bertz CT molecular complexity index is 1240. The highest BCUT2D eigenvalue weighted by Gasteiger charge is 2.31. The van der Waals surface area contributed by atoms with Gasteiger partial charge in [0, 0.05) is 17.4 Å². The van der Waals surface area contributed by atoms with E-state index in [-0.39, 0.29) is 5.75 Å². The lowest BCUT2D eigenvalue weighted by Crippen LogP contribution is -2.41. The molecule has 0 fully saturated rings. The van der Waals surface area contributed by atoms with Gasteiger partial charge in [-0.15, -0.1) is 0 Å². The summed E-state index contributed by atoms with van der Waals surface area (Å²) in [6.45, 7) is 8.79. The topological polar surface area (TPSA) is 51.8 Å². The molecule has 0 unspecified atom stereocenters. The van der Waals surface area contributed by atoms with Crippen molar-refractivity contribution in [3.63, 3.8) is 0 Å². The zero-order valence-electron chi connectivity index (χ0n) is 24.6. The number of benzene rings is 2. The standard InChI is InChI=1S/C34H47NO4/c1-5-8-11-12-13-14-15-27-26-16-17-31(37-4)34(39-21-10-7-3)29(26)24-35-19-18-25-22-32(38-20-9-6-2)30(36)23-28(25)33(27)35/h16-17,22-24H,5-15,18-21H2,1-4H3/p+1. The number of phenols is 1. The molecule has 1 aromatic heterocycles. The zero-order chi connectivity index (χ0) is 27.6. The Balaban J connectivity index is 1.80. The number of phenolic OH excluding ortho intramolecular Hbond substituents is 1. The van der Waals surface area contributed by atoms with Crippen molar-refractivity contribution in [1.29, 1.82) is 0 Å². The van der Waals surface area contributed by atoms with Gasteiger partial charge in [-0.1, -0.05) is 65.7 Å². The summed E-state index contributed by atoms with van der Waals surface area (Å²) >= 11 is 0. The van der Waals surface area contributed by atoms with Gasteiger partial charge in [0.05, 0.1) is 31.3 Å². The van der Waals surface area contributed by atoms with E-state index in [0.29, 0.717) is 19.0 Å². The molecule has 3 aromatic rings. The average Bonchev–Trinajstić information content (AvgIpc) is 2.95. The third-order valence-electron chi connectivity index (χ3n) is 7.91. The second kappa shape index (κ2) is 14.4. The SMILES string of the molecule is CCCCCCCCc1c2[n+](cc3c(OCCCC)c(OC)ccc13)CCc1cc(OCCCC)c(O)cc1-2. The van der Waals surface area contributed by atoms with E-state index >= 15 is 0 Å². The van der Waals surface area contributed by atoms with Crippen molar-refractivity contribution in [1.82, 2.24) is 0 Å². The molecule has 5 nitrogen and oxygen atoms in total. The number of ether oxygens (including phenoxy) is 3. The van der Waals surface area contributed by atoms with Crippen molar-refractivity contribution in [2.24, 2.45) is 0 Å². The van der Waals surface area contributed by atoms with Gasteiger partial charge in [0.15, 0.2) is 35.7 Å². The van der Waals surface area contributed by atoms with Crippen LogP contribution in [0.4, 0.5) is 0 Å². The minimum atomic E-state index is 0.224. The van der Waals surface area contributed by atoms with Crippen LogP contribution in [0, 0.1) is 0 Å². The molecule has 1 aliphatic heterocycles. The maximum absolute atomic E-state index is 11.0. The van der Waals surface area contributed by atoms with Crippen molar-refractivity contribution in [3.05, 3.63) is 41.6 Å². The van der Waals surface area contributed by atoms with Crippen LogP contribution in [0.5, 0.6) is 23.0 Å². The van der Waals surface area contributed by atoms with Gasteiger partial charge in [-0.05, 0) is 55.5 Å². The lowest BCUT2D eigenvalue weighted by atomic mass is 9.89. The second-order valence-corrected chi connectivity index (χ2v) is 10.9. The molecule has 0 amide bonds. The molecule has 0 spiro atoms. The molecule has 0 saturated heterocycles. The van der Waals surface area contributed by atoms with Crippen LogP contribution in [0.3, 0.4) is 0 Å². The summed E-state index contributed by atoms with van der Waals surface area (Å²) in [5, 5.41) is 13.3. The number of pyridine rings is 1. The molecular formula is C34H48NO4+. The highest BCUT2D eigenvalue weighted by Crippen LogP contribution is 2.43. The van der Waals surface area contributed by atoms with Crippen LogP contribution in [0.25, 0.3) is 22.0 Å². The van der Waals surface area contributed by atoms with Crippen LogP contribution in [0.1, 0.15) is 96.1 Å². The smallest absolute Gasteiger partial charge is 0.216 e. The van der Waals surface area contributed by atoms with Crippen molar-refractivity contribution >= 4 is 10.8 Å². The van der Waals surface area contributed by atoms with E-state index in [9.17, 15) is 5.11 Å². The second-order valence-electron chi connectivity index (χ2n) is 10.9. The molecule has 39 heavy (non-hydrogen) atoms. The molecule has 1 N–H and O–H groups in total. The molecule has 5 heteroatoms. The molecule has 0 radical (unpaired) electrons. The zero-order valence-corrected chi connectivity index (χ0v) is 24.6. The number of nitrogens with zero attached hydrogens (tertiary/aromatic N) is 1. The monoisotopic (exact) mass is 534 g/mol. The minimum Gasteiger partial charge on any atom is -0.504 e. The van der Waals surface area contributed by atoms with Gasteiger partial charge in [-0.25, -0.2) is 0 Å². The van der Waals surface area contributed by atoms with Crippen LogP contribution in [0.15, 0.2) is 30.5 Å². The summed E-state index contributed by atoms with van der Waals surface area (Å²) in [5.41, 5.74) is 4.92. The van der Waals surface area contributed by atoms with Crippen LogP contribution in [-0.2, 0) is 19.4 Å². The van der Waals surface area contributed by atoms with Gasteiger partial charge in [0.2, 0.25) is 5.69 Å². The Kier molecular flexibility index (Phi) is 10.8. The average molecular weight is 535 g/mol. The van der Waals surface area contributed by atoms with Crippen LogP contribution >= 0.6 is 0 Å². The number of fused-ring (bicyclic) bond motifs is 4. The molecule has 212 valence electrons. The summed E-state index contributed by atoms with van der Waals surface area (Å²) < 4.78 is 20.4. The van der Waals surface area contributed by atoms with E-state index in [1.807, 2.05) is 6.07 Å². The number of unbranched alkanes of at least 4 members (excludes halogenated alkanes) is 7. The summed E-state index contributed by atoms with van der Waals surface area (Å²) in [4.78, 5) is 0. The third-order valence-corrected chi connectivity index (χ3v) is 7.91. The fourth-order valence-electron chi connectivity index (χ4n) is 5.67. The summed E-state index contributed by atoms with van der Waals surface area (Å²) in [6, 6.07) is 8.25. The summed E-state index contributed by atoms with van der Waals surface area (Å²) in [6.07, 6.45) is 15.8. The number of hydrogen-bond donors (Lipinski definition) is 1. The maximum atomic E-state index is 11.0. The largest absolute Gasteiger partial charge is 0.504 e. The van der Waals surface area contributed by atoms with Crippen molar-refractivity contribution in [3.8, 4) is 34.3 Å². The van der Waals surface area contributed by atoms with Crippen molar-refractivity contribution < 1.29 is 23.9 Å². The van der Waals surface area contributed by atoms with Crippen LogP contribution in [0.2, 0.25) is 0 Å². The molecule has 1 aliphatic rings. The van der Waals surface area contributed by atoms with E-state index in [4.69, 9.17) is 14.2 Å². The first-order chi connectivity index (χ1) is 19.1. The molecule has 0 aliphatic carbocycles. The summed E-state index contributed by atoms with van der Waals surface area (Å²) in [7, 11) is 1.72. The quantitative estimate of drug-likeness (QED) is 0.148. The fourth-order valence-corrected chi connectivity index (χ4v) is 5.67. The normalized spacial score (nSPS) is 12.3. The van der Waals surface area contributed by atoms with Gasteiger partial charge in [0.1, 0.15) is 0 Å². The van der Waals surface area contributed by atoms with Gasteiger partial charge in [-0.2, -0.15) is 4.57 Å². The lowest BCUT2D eigenvalue weighted by Gasteiger charge is -2.22. The van der Waals surface area contributed by atoms with E-state index in [0.717, 1.165) is 73.9 Å². The molecule has 0 bridgehead atoms. The fraction of sp³-hybridized carbons (Fsp3) is 0.559. The predicted molar refractivity (Wildman–Crippen MR) is 159 cm³/mol. The van der Waals surface area contributed by atoms with E-state index in [2.05, 4.69) is 49.7 Å². The van der Waals surface area contributed by atoms with Crippen molar-refractivity contribution in [2.45, 2.75) is 104 Å². The molecule has 0 atom stereocenters. The third kappa shape index (κ3) is 6.80. The number of aromatic hydroxyl groups is 1. The Morgan fingerprint density at radius 2 is 1.51 bits per heavy atom. The van der Waals surface area contributed by atoms with Crippen LogP contribution < -0.4 is 18.8 Å². The number of rotatable bonds is 16. The van der Waals surface area contributed by atoms with Crippen LogP contribution in [-0.4, -0.2) is 25.4 Å². The summed E-state index contributed by atoms with van der Waals surface area (Å²) in [5.74, 6) is 2.45. The van der Waals surface area contributed by atoms with Crippen molar-refractivity contribution in [2.75, 3.05) is 20.3 Å². The Labute approximate surface area is 235 Å². The molecular weight excluding hydrogens is 486 g/mol. The molecule has 2 aromatic carbocycles. The first-order valence-corrected chi connectivity index (χ1v) is 15.3. The minimum absolute atomic E-state index is 0.224.